The van der Waals surface area contributed by atoms with Gasteiger partial charge in [-0.3, -0.25) is 0 Å². The van der Waals surface area contributed by atoms with E-state index in [1.165, 1.54) is 16.5 Å². The van der Waals surface area contributed by atoms with Gasteiger partial charge in [-0.05, 0) is 45.5 Å². The first-order valence-corrected chi connectivity index (χ1v) is 7.80. The van der Waals surface area contributed by atoms with Crippen LogP contribution in [0.5, 0.6) is 0 Å². The Hall–Kier alpha value is -2.87. The number of rotatable bonds is 2. The molecule has 0 fully saturated rings. The lowest BCUT2D eigenvalue weighted by molar-refractivity contribution is -0.137. The van der Waals surface area contributed by atoms with Crippen molar-refractivity contribution in [3.63, 3.8) is 0 Å². The molecule has 0 N–H and O–H groups in total. The molecule has 0 heterocycles. The van der Waals surface area contributed by atoms with Gasteiger partial charge >= 0.3 is 5.97 Å². The molecule has 3 aromatic rings. The Bertz CT molecular complexity index is 951. The third kappa shape index (κ3) is 2.15. The number of benzene rings is 3. The van der Waals surface area contributed by atoms with Crippen molar-refractivity contribution >= 4 is 22.3 Å². The Morgan fingerprint density at radius 2 is 1.65 bits per heavy atom. The Labute approximate surface area is 135 Å². The maximum absolute atomic E-state index is 12.1. The Balaban J connectivity index is 2.04. The highest BCUT2D eigenvalue weighted by atomic mass is 16.5. The maximum atomic E-state index is 12.1. The fourth-order valence-electron chi connectivity index (χ4n) is 3.33. The van der Waals surface area contributed by atoms with Crippen molar-refractivity contribution < 1.29 is 9.53 Å². The smallest absolute Gasteiger partial charge is 0.331 e. The number of esters is 1. The summed E-state index contributed by atoms with van der Waals surface area (Å²) in [5.41, 5.74) is 5.51. The second kappa shape index (κ2) is 5.40. The molecule has 3 aromatic carbocycles. The van der Waals surface area contributed by atoms with Gasteiger partial charge in [0.1, 0.15) is 0 Å². The fraction of sp³-hybridized carbons (Fsp3) is 0.0952. The average molecular weight is 300 g/mol. The molecule has 0 saturated heterocycles. The second-order valence-electron chi connectivity index (χ2n) is 5.56. The molecule has 1 aliphatic rings. The van der Waals surface area contributed by atoms with Gasteiger partial charge in [-0.1, -0.05) is 60.7 Å². The monoisotopic (exact) mass is 300 g/mol. The summed E-state index contributed by atoms with van der Waals surface area (Å²) in [4.78, 5) is 12.1. The van der Waals surface area contributed by atoms with Crippen molar-refractivity contribution in [3.05, 3.63) is 77.9 Å². The van der Waals surface area contributed by atoms with Crippen LogP contribution in [0.4, 0.5) is 0 Å². The van der Waals surface area contributed by atoms with Crippen LogP contribution in [0.15, 0.2) is 66.7 Å². The van der Waals surface area contributed by atoms with Crippen LogP contribution in [0.3, 0.4) is 0 Å². The summed E-state index contributed by atoms with van der Waals surface area (Å²) in [6.07, 6.45) is 1.63. The highest BCUT2D eigenvalue weighted by Gasteiger charge is 2.25. The second-order valence-corrected chi connectivity index (χ2v) is 5.56. The number of ether oxygens (including phenoxy) is 1. The SMILES string of the molecule is CCOC(=O)/C=C1/c2ccccc2-c2ccc3ccccc3c21. The van der Waals surface area contributed by atoms with E-state index in [0.717, 1.165) is 22.1 Å². The fourth-order valence-corrected chi connectivity index (χ4v) is 3.33. The van der Waals surface area contributed by atoms with Crippen LogP contribution in [-0.4, -0.2) is 12.6 Å². The van der Waals surface area contributed by atoms with Gasteiger partial charge in [0, 0.05) is 6.08 Å². The van der Waals surface area contributed by atoms with Gasteiger partial charge in [-0.15, -0.1) is 0 Å². The van der Waals surface area contributed by atoms with Crippen LogP contribution in [-0.2, 0) is 9.53 Å². The minimum Gasteiger partial charge on any atom is -0.463 e. The summed E-state index contributed by atoms with van der Waals surface area (Å²) < 4.78 is 5.13. The first-order valence-electron chi connectivity index (χ1n) is 7.80. The molecule has 2 nitrogen and oxygen atoms in total. The van der Waals surface area contributed by atoms with E-state index in [1.807, 2.05) is 31.2 Å². The Morgan fingerprint density at radius 1 is 0.913 bits per heavy atom. The lowest BCUT2D eigenvalue weighted by atomic mass is 9.96. The standard InChI is InChI=1S/C21H16O2/c1-2-23-20(22)13-19-17-10-6-5-9-16(17)18-12-11-14-7-3-4-8-15(14)21(18)19/h3-13H,2H2,1H3/b19-13-. The van der Waals surface area contributed by atoms with Gasteiger partial charge < -0.3 is 4.74 Å². The summed E-state index contributed by atoms with van der Waals surface area (Å²) in [6, 6.07) is 20.8. The molecular weight excluding hydrogens is 284 g/mol. The van der Waals surface area contributed by atoms with Gasteiger partial charge in [0.15, 0.2) is 0 Å². The minimum absolute atomic E-state index is 0.293. The van der Waals surface area contributed by atoms with Gasteiger partial charge in [-0.2, -0.15) is 0 Å². The van der Waals surface area contributed by atoms with E-state index in [1.54, 1.807) is 6.08 Å². The Kier molecular flexibility index (Phi) is 3.23. The summed E-state index contributed by atoms with van der Waals surface area (Å²) in [7, 11) is 0. The van der Waals surface area contributed by atoms with E-state index in [9.17, 15) is 4.79 Å². The molecule has 0 atom stereocenters. The summed E-state index contributed by atoms with van der Waals surface area (Å²) in [5, 5.41) is 2.34. The molecule has 0 aliphatic heterocycles. The van der Waals surface area contributed by atoms with Crippen molar-refractivity contribution in [2.45, 2.75) is 6.92 Å². The largest absolute Gasteiger partial charge is 0.463 e. The third-order valence-electron chi connectivity index (χ3n) is 4.25. The molecule has 0 saturated carbocycles. The highest BCUT2D eigenvalue weighted by Crippen LogP contribution is 2.47. The number of hydrogen-bond acceptors (Lipinski definition) is 2. The zero-order valence-electron chi connectivity index (χ0n) is 12.9. The van der Waals surface area contributed by atoms with Crippen LogP contribution in [0.2, 0.25) is 0 Å². The van der Waals surface area contributed by atoms with Crippen molar-refractivity contribution in [3.8, 4) is 11.1 Å². The topological polar surface area (TPSA) is 26.3 Å². The van der Waals surface area contributed by atoms with Crippen molar-refractivity contribution in [2.75, 3.05) is 6.61 Å². The molecule has 0 radical (unpaired) electrons. The normalized spacial score (nSPS) is 13.9. The number of hydrogen-bond donors (Lipinski definition) is 0. The molecule has 4 rings (SSSR count). The van der Waals surface area contributed by atoms with Crippen LogP contribution < -0.4 is 0 Å². The van der Waals surface area contributed by atoms with Gasteiger partial charge in [0.05, 0.1) is 6.61 Å². The first kappa shape index (κ1) is 13.8. The van der Waals surface area contributed by atoms with Crippen molar-refractivity contribution in [2.24, 2.45) is 0 Å². The van der Waals surface area contributed by atoms with E-state index in [0.29, 0.717) is 6.61 Å². The Morgan fingerprint density at radius 3 is 2.48 bits per heavy atom. The zero-order valence-corrected chi connectivity index (χ0v) is 12.9. The zero-order chi connectivity index (χ0) is 15.8. The molecular formula is C21H16O2. The molecule has 0 bridgehead atoms. The maximum Gasteiger partial charge on any atom is 0.331 e. The molecule has 2 heteroatoms. The van der Waals surface area contributed by atoms with Crippen LogP contribution in [0, 0.1) is 0 Å². The molecule has 0 spiro atoms. The number of carbonyl (C=O) groups is 1. The molecule has 0 unspecified atom stereocenters. The number of fused-ring (bicyclic) bond motifs is 5. The molecule has 0 amide bonds. The van der Waals surface area contributed by atoms with E-state index in [4.69, 9.17) is 4.74 Å². The van der Waals surface area contributed by atoms with E-state index in [2.05, 4.69) is 36.4 Å². The van der Waals surface area contributed by atoms with Crippen molar-refractivity contribution in [1.82, 2.24) is 0 Å². The van der Waals surface area contributed by atoms with Gasteiger partial charge in [-0.25, -0.2) is 4.79 Å². The summed E-state index contributed by atoms with van der Waals surface area (Å²) in [5.74, 6) is -0.293. The lowest BCUT2D eigenvalue weighted by Gasteiger charge is -2.07. The first-order chi connectivity index (χ1) is 11.3. The summed E-state index contributed by atoms with van der Waals surface area (Å²) >= 11 is 0. The summed E-state index contributed by atoms with van der Waals surface area (Å²) in [6.45, 7) is 2.20. The van der Waals surface area contributed by atoms with E-state index in [-0.39, 0.29) is 5.97 Å². The van der Waals surface area contributed by atoms with E-state index >= 15 is 0 Å². The molecule has 23 heavy (non-hydrogen) atoms. The molecule has 112 valence electrons. The van der Waals surface area contributed by atoms with Gasteiger partial charge in [0.25, 0.3) is 0 Å². The van der Waals surface area contributed by atoms with Crippen LogP contribution in [0.1, 0.15) is 18.1 Å². The predicted molar refractivity (Wildman–Crippen MR) is 93.1 cm³/mol. The van der Waals surface area contributed by atoms with Gasteiger partial charge in [0.2, 0.25) is 0 Å². The van der Waals surface area contributed by atoms with Crippen LogP contribution >= 0.6 is 0 Å². The lowest BCUT2D eigenvalue weighted by Crippen LogP contribution is -2.01. The minimum atomic E-state index is -0.293. The third-order valence-corrected chi connectivity index (χ3v) is 4.25. The highest BCUT2D eigenvalue weighted by molar-refractivity contribution is 6.14. The molecule has 1 aliphatic carbocycles. The van der Waals surface area contributed by atoms with E-state index < -0.39 is 0 Å². The predicted octanol–water partition coefficient (Wildman–Crippen LogP) is 4.82. The number of carbonyl (C=O) groups excluding carboxylic acids is 1. The average Bonchev–Trinajstić information content (AvgIpc) is 2.90. The van der Waals surface area contributed by atoms with Crippen LogP contribution in [0.25, 0.3) is 27.5 Å². The quantitative estimate of drug-likeness (QED) is 0.392. The molecule has 0 aromatic heterocycles. The van der Waals surface area contributed by atoms with Crippen molar-refractivity contribution in [1.29, 1.82) is 0 Å².